The number of halogens is 1. The minimum atomic E-state index is -0.718. The van der Waals surface area contributed by atoms with E-state index in [1.807, 2.05) is 13.8 Å². The van der Waals surface area contributed by atoms with Gasteiger partial charge in [0.15, 0.2) is 23.9 Å². The Labute approximate surface area is 162 Å². The fraction of sp³-hybridized carbons (Fsp3) is 0.647. The lowest BCUT2D eigenvalue weighted by Gasteiger charge is -2.21. The Hall–Kier alpha value is -2.13. The Morgan fingerprint density at radius 3 is 2.67 bits per heavy atom. The van der Waals surface area contributed by atoms with Gasteiger partial charge in [-0.15, -0.1) is 12.4 Å². The number of hydrogen-bond donors (Lipinski definition) is 1. The molecule has 1 saturated heterocycles. The number of ether oxygens (including phenoxy) is 4. The molecule has 4 atom stereocenters. The van der Waals surface area contributed by atoms with Gasteiger partial charge in [-0.3, -0.25) is 19.6 Å². The smallest absolute Gasteiger partial charge is 0.306 e. The third-order valence-corrected chi connectivity index (χ3v) is 4.22. The predicted molar refractivity (Wildman–Crippen MR) is 94.3 cm³/mol. The predicted octanol–water partition coefficient (Wildman–Crippen LogP) is 1.50. The molecule has 3 heterocycles. The quantitative estimate of drug-likeness (QED) is 0.688. The number of fused-ring (bicyclic) bond motifs is 3. The molecule has 0 unspecified atom stereocenters. The van der Waals surface area contributed by atoms with E-state index >= 15 is 0 Å². The van der Waals surface area contributed by atoms with Gasteiger partial charge >= 0.3 is 17.9 Å². The van der Waals surface area contributed by atoms with Crippen molar-refractivity contribution in [2.75, 3.05) is 6.61 Å². The molecule has 2 aliphatic rings. The van der Waals surface area contributed by atoms with Crippen LogP contribution in [0.15, 0.2) is 12.3 Å². The Morgan fingerprint density at radius 1 is 1.26 bits per heavy atom. The summed E-state index contributed by atoms with van der Waals surface area (Å²) in [7, 11) is 0. The van der Waals surface area contributed by atoms with Gasteiger partial charge in [-0.25, -0.2) is 0 Å². The monoisotopic (exact) mass is 401 g/mol. The van der Waals surface area contributed by atoms with Crippen LogP contribution >= 0.6 is 12.4 Å². The van der Waals surface area contributed by atoms with Crippen molar-refractivity contribution < 1.29 is 28.5 Å². The van der Waals surface area contributed by atoms with Crippen LogP contribution in [-0.4, -0.2) is 46.4 Å². The first-order valence-electron chi connectivity index (χ1n) is 8.84. The van der Waals surface area contributed by atoms with Gasteiger partial charge in [0.1, 0.15) is 12.7 Å². The average molecular weight is 402 g/mol. The molecule has 3 rings (SSSR count). The van der Waals surface area contributed by atoms with Crippen molar-refractivity contribution >= 4 is 24.3 Å². The first-order chi connectivity index (χ1) is 12.5. The fourth-order valence-electron chi connectivity index (χ4n) is 3.02. The zero-order valence-electron chi connectivity index (χ0n) is 15.3. The maximum Gasteiger partial charge on any atom is 0.306 e. The van der Waals surface area contributed by atoms with Crippen LogP contribution in [-0.2, 0) is 23.8 Å². The van der Waals surface area contributed by atoms with E-state index in [1.165, 1.54) is 6.07 Å². The summed E-state index contributed by atoms with van der Waals surface area (Å²) in [6.45, 7) is 3.76. The lowest BCUT2D eigenvalue weighted by atomic mass is 10.1. The summed E-state index contributed by atoms with van der Waals surface area (Å²) < 4.78 is 24.2. The third-order valence-electron chi connectivity index (χ3n) is 4.22. The van der Waals surface area contributed by atoms with E-state index in [-0.39, 0.29) is 48.9 Å². The first-order valence-corrected chi connectivity index (χ1v) is 8.84. The van der Waals surface area contributed by atoms with E-state index in [1.54, 1.807) is 10.8 Å². The van der Waals surface area contributed by atoms with Crippen LogP contribution in [0, 0.1) is 5.41 Å². The molecular weight excluding hydrogens is 378 g/mol. The zero-order chi connectivity index (χ0) is 18.7. The van der Waals surface area contributed by atoms with E-state index in [4.69, 9.17) is 24.4 Å². The number of nitrogens with zero attached hydrogens (tertiary/aromatic N) is 2. The molecule has 1 aromatic heterocycles. The van der Waals surface area contributed by atoms with Crippen LogP contribution in [0.1, 0.15) is 45.8 Å². The summed E-state index contributed by atoms with van der Waals surface area (Å²) in [5, 5.41) is 7.59. The molecular formula is C17H24ClN3O6. The van der Waals surface area contributed by atoms with Crippen molar-refractivity contribution in [3.05, 3.63) is 17.8 Å². The second kappa shape index (κ2) is 9.18. The summed E-state index contributed by atoms with van der Waals surface area (Å²) in [5.74, 6) is -0.674. The number of aromatic nitrogens is 2. The molecule has 0 amide bonds. The maximum absolute atomic E-state index is 12.0. The number of rotatable bonds is 7. The standard InChI is InChI=1S/C17H23N3O6.ClH/c1-3-5-12(21)23-9-10-14(25-13(22)6-4-2)15-16(24-10)20-8-7-11(18)19-17(20)26-15;/h7-8,10,14-16,18H,3-6,9H2,1-2H3;1H/t10-,14-,15+,16-;/m1./s1. The summed E-state index contributed by atoms with van der Waals surface area (Å²) in [4.78, 5) is 27.7. The SMILES string of the molecule is CCCC(=O)OC[C@H]1O[C@@H]2[C@@H](Oc3nc(=N)ccn32)[C@@H]1OC(=O)CCC.Cl. The van der Waals surface area contributed by atoms with Gasteiger partial charge in [0.05, 0.1) is 0 Å². The zero-order valence-corrected chi connectivity index (χ0v) is 16.1. The third kappa shape index (κ3) is 4.59. The minimum absolute atomic E-state index is 0. The van der Waals surface area contributed by atoms with Crippen LogP contribution in [0.25, 0.3) is 0 Å². The number of carbonyl (C=O) groups excluding carboxylic acids is 2. The van der Waals surface area contributed by atoms with Gasteiger partial charge in [-0.1, -0.05) is 13.8 Å². The topological polar surface area (TPSA) is 113 Å². The van der Waals surface area contributed by atoms with Crippen LogP contribution < -0.4 is 10.2 Å². The highest BCUT2D eigenvalue weighted by Crippen LogP contribution is 2.40. The highest BCUT2D eigenvalue weighted by atomic mass is 35.5. The first kappa shape index (κ1) is 21.2. The summed E-state index contributed by atoms with van der Waals surface area (Å²) in [5.41, 5.74) is 0.0702. The van der Waals surface area contributed by atoms with Gasteiger partial charge in [-0.2, -0.15) is 4.98 Å². The molecule has 0 bridgehead atoms. The summed E-state index contributed by atoms with van der Waals surface area (Å²) >= 11 is 0. The molecule has 1 N–H and O–H groups in total. The molecule has 0 radical (unpaired) electrons. The lowest BCUT2D eigenvalue weighted by molar-refractivity contribution is -0.160. The van der Waals surface area contributed by atoms with Crippen molar-refractivity contribution in [2.45, 2.75) is 64.1 Å². The van der Waals surface area contributed by atoms with Crippen molar-refractivity contribution in [3.63, 3.8) is 0 Å². The minimum Gasteiger partial charge on any atom is -0.463 e. The Bertz CT molecular complexity index is 740. The van der Waals surface area contributed by atoms with Crippen molar-refractivity contribution in [1.82, 2.24) is 9.55 Å². The molecule has 9 nitrogen and oxygen atoms in total. The summed E-state index contributed by atoms with van der Waals surface area (Å²) in [6.07, 6.45) is 1.12. The van der Waals surface area contributed by atoms with Gasteiger partial charge in [0.25, 0.3) is 0 Å². The Balaban J connectivity index is 0.00000261. The van der Waals surface area contributed by atoms with Crippen molar-refractivity contribution in [1.29, 1.82) is 5.41 Å². The summed E-state index contributed by atoms with van der Waals surface area (Å²) in [6, 6.07) is 1.76. The second-order valence-corrected chi connectivity index (χ2v) is 6.29. The van der Waals surface area contributed by atoms with E-state index in [9.17, 15) is 9.59 Å². The number of esters is 2. The highest BCUT2D eigenvalue weighted by Gasteiger charge is 2.54. The fourth-order valence-corrected chi connectivity index (χ4v) is 3.02. The molecule has 1 aromatic rings. The molecule has 1 fully saturated rings. The normalized spacial score (nSPS) is 25.0. The van der Waals surface area contributed by atoms with E-state index in [0.717, 1.165) is 0 Å². The van der Waals surface area contributed by atoms with Crippen LogP contribution in [0.4, 0.5) is 0 Å². The molecule has 2 aliphatic heterocycles. The van der Waals surface area contributed by atoms with Gasteiger partial charge in [0.2, 0.25) is 0 Å². The molecule has 0 saturated carbocycles. The van der Waals surface area contributed by atoms with Crippen LogP contribution in [0.5, 0.6) is 6.01 Å². The van der Waals surface area contributed by atoms with Crippen molar-refractivity contribution in [2.24, 2.45) is 0 Å². The van der Waals surface area contributed by atoms with Crippen LogP contribution in [0.3, 0.4) is 0 Å². The molecule has 150 valence electrons. The van der Waals surface area contributed by atoms with E-state index < -0.39 is 24.5 Å². The van der Waals surface area contributed by atoms with Gasteiger partial charge < -0.3 is 18.9 Å². The number of hydrogen-bond acceptors (Lipinski definition) is 8. The van der Waals surface area contributed by atoms with Crippen molar-refractivity contribution in [3.8, 4) is 6.01 Å². The van der Waals surface area contributed by atoms with E-state index in [2.05, 4.69) is 4.98 Å². The molecule has 0 spiro atoms. The van der Waals surface area contributed by atoms with Gasteiger partial charge in [0, 0.05) is 19.0 Å². The Morgan fingerprint density at radius 2 is 1.96 bits per heavy atom. The highest BCUT2D eigenvalue weighted by molar-refractivity contribution is 5.85. The molecule has 27 heavy (non-hydrogen) atoms. The van der Waals surface area contributed by atoms with E-state index in [0.29, 0.717) is 19.3 Å². The number of carbonyl (C=O) groups is 2. The largest absolute Gasteiger partial charge is 0.463 e. The molecule has 0 aromatic carbocycles. The van der Waals surface area contributed by atoms with Crippen LogP contribution in [0.2, 0.25) is 0 Å². The van der Waals surface area contributed by atoms with Gasteiger partial charge in [-0.05, 0) is 18.9 Å². The Kier molecular flexibility index (Phi) is 7.20. The molecule has 10 heteroatoms. The average Bonchev–Trinajstić information content (AvgIpc) is 3.09. The lowest BCUT2D eigenvalue weighted by Crippen LogP contribution is -2.40. The second-order valence-electron chi connectivity index (χ2n) is 6.29. The number of nitrogens with one attached hydrogen (secondary N) is 1. The maximum atomic E-state index is 12.0. The molecule has 0 aliphatic carbocycles.